The van der Waals surface area contributed by atoms with Crippen LogP contribution in [0.3, 0.4) is 0 Å². The van der Waals surface area contributed by atoms with Crippen LogP contribution in [0.2, 0.25) is 0 Å². The summed E-state index contributed by atoms with van der Waals surface area (Å²) in [7, 11) is 0. The van der Waals surface area contributed by atoms with Gasteiger partial charge in [0.15, 0.2) is 5.78 Å². The van der Waals surface area contributed by atoms with Crippen molar-refractivity contribution in [2.75, 3.05) is 26.2 Å². The summed E-state index contributed by atoms with van der Waals surface area (Å²) >= 11 is 0. The Morgan fingerprint density at radius 2 is 1.68 bits per heavy atom. The molecule has 1 aliphatic heterocycles. The molecule has 2 rings (SSSR count). The molecular formula is C14H17ClN2O2. The van der Waals surface area contributed by atoms with E-state index in [1.54, 1.807) is 29.2 Å². The van der Waals surface area contributed by atoms with Crippen LogP contribution in [0.25, 0.3) is 0 Å². The van der Waals surface area contributed by atoms with Gasteiger partial charge in [0.25, 0.3) is 0 Å². The Hall–Kier alpha value is -1.65. The lowest BCUT2D eigenvalue weighted by Gasteiger charge is -2.26. The van der Waals surface area contributed by atoms with Gasteiger partial charge in [-0.1, -0.05) is 30.3 Å². The van der Waals surface area contributed by atoms with E-state index in [9.17, 15) is 9.59 Å². The van der Waals surface area contributed by atoms with Crippen LogP contribution in [0.1, 0.15) is 10.4 Å². The molecule has 0 bridgehead atoms. The zero-order chi connectivity index (χ0) is 12.8. The lowest BCUT2D eigenvalue weighted by molar-refractivity contribution is -0.126. The third-order valence-corrected chi connectivity index (χ3v) is 2.86. The number of allylic oxidation sites excluding steroid dienone is 1. The Morgan fingerprint density at radius 3 is 2.32 bits per heavy atom. The fourth-order valence-corrected chi connectivity index (χ4v) is 1.84. The number of hydrogen-bond acceptors (Lipinski definition) is 3. The van der Waals surface area contributed by atoms with Crippen LogP contribution in [-0.4, -0.2) is 42.8 Å². The molecule has 1 amide bonds. The number of piperazine rings is 1. The number of carbonyl (C=O) groups excluding carboxylic acids is 2. The van der Waals surface area contributed by atoms with E-state index in [1.165, 1.54) is 12.2 Å². The number of ketones is 1. The Morgan fingerprint density at radius 1 is 1.05 bits per heavy atom. The zero-order valence-corrected chi connectivity index (χ0v) is 11.4. The van der Waals surface area contributed by atoms with Crippen molar-refractivity contribution >= 4 is 24.1 Å². The molecule has 5 heteroatoms. The highest BCUT2D eigenvalue weighted by atomic mass is 35.5. The van der Waals surface area contributed by atoms with E-state index in [-0.39, 0.29) is 24.1 Å². The van der Waals surface area contributed by atoms with Gasteiger partial charge in [0, 0.05) is 37.8 Å². The van der Waals surface area contributed by atoms with Crippen molar-refractivity contribution in [3.05, 3.63) is 48.0 Å². The van der Waals surface area contributed by atoms with Gasteiger partial charge in [-0.15, -0.1) is 12.4 Å². The molecule has 0 aliphatic carbocycles. The highest BCUT2D eigenvalue weighted by Gasteiger charge is 2.13. The van der Waals surface area contributed by atoms with Crippen molar-refractivity contribution in [1.29, 1.82) is 0 Å². The summed E-state index contributed by atoms with van der Waals surface area (Å²) in [6.07, 6.45) is 2.71. The average Bonchev–Trinajstić information content (AvgIpc) is 2.46. The summed E-state index contributed by atoms with van der Waals surface area (Å²) < 4.78 is 0. The second-order valence-electron chi connectivity index (χ2n) is 4.14. The molecule has 1 N–H and O–H groups in total. The van der Waals surface area contributed by atoms with Crippen molar-refractivity contribution in [3.63, 3.8) is 0 Å². The Bertz CT molecular complexity index is 454. The van der Waals surface area contributed by atoms with Crippen molar-refractivity contribution in [3.8, 4) is 0 Å². The minimum atomic E-state index is -0.140. The molecule has 102 valence electrons. The van der Waals surface area contributed by atoms with Crippen LogP contribution in [0.5, 0.6) is 0 Å². The molecule has 0 spiro atoms. The first-order chi connectivity index (χ1) is 8.77. The molecule has 1 aliphatic rings. The van der Waals surface area contributed by atoms with Crippen LogP contribution in [-0.2, 0) is 4.79 Å². The number of amides is 1. The molecule has 1 heterocycles. The Balaban J connectivity index is 0.00000180. The quantitative estimate of drug-likeness (QED) is 0.670. The van der Waals surface area contributed by atoms with Gasteiger partial charge in [-0.2, -0.15) is 0 Å². The van der Waals surface area contributed by atoms with E-state index in [0.29, 0.717) is 18.7 Å². The highest BCUT2D eigenvalue weighted by Crippen LogP contribution is 2.01. The maximum absolute atomic E-state index is 11.8. The topological polar surface area (TPSA) is 49.4 Å². The van der Waals surface area contributed by atoms with E-state index >= 15 is 0 Å². The van der Waals surface area contributed by atoms with Crippen LogP contribution in [0.4, 0.5) is 0 Å². The van der Waals surface area contributed by atoms with Crippen LogP contribution < -0.4 is 5.32 Å². The highest BCUT2D eigenvalue weighted by molar-refractivity contribution is 6.07. The smallest absolute Gasteiger partial charge is 0.246 e. The molecule has 0 aromatic heterocycles. The number of halogens is 1. The maximum atomic E-state index is 11.8. The maximum Gasteiger partial charge on any atom is 0.246 e. The van der Waals surface area contributed by atoms with Gasteiger partial charge in [0.1, 0.15) is 0 Å². The minimum absolute atomic E-state index is 0. The normalized spacial score (nSPS) is 15.1. The van der Waals surface area contributed by atoms with Crippen LogP contribution >= 0.6 is 12.4 Å². The molecule has 1 saturated heterocycles. The molecule has 1 aromatic rings. The Kier molecular flexibility index (Phi) is 6.25. The van der Waals surface area contributed by atoms with Gasteiger partial charge in [-0.3, -0.25) is 9.59 Å². The van der Waals surface area contributed by atoms with Gasteiger partial charge >= 0.3 is 0 Å². The third kappa shape index (κ3) is 4.50. The molecule has 0 atom stereocenters. The van der Waals surface area contributed by atoms with Crippen molar-refractivity contribution in [2.24, 2.45) is 0 Å². The van der Waals surface area contributed by atoms with E-state index in [2.05, 4.69) is 5.32 Å². The zero-order valence-electron chi connectivity index (χ0n) is 10.5. The number of rotatable bonds is 3. The molecule has 0 saturated carbocycles. The number of carbonyl (C=O) groups is 2. The predicted octanol–water partition coefficient (Wildman–Crippen LogP) is 1.28. The second-order valence-corrected chi connectivity index (χ2v) is 4.14. The first-order valence-electron chi connectivity index (χ1n) is 6.04. The second kappa shape index (κ2) is 7.71. The molecule has 1 fully saturated rings. The SMILES string of the molecule is Cl.O=C(/C=C/C(=O)N1CCNCC1)c1ccccc1. The van der Waals surface area contributed by atoms with Gasteiger partial charge in [-0.05, 0) is 6.08 Å². The summed E-state index contributed by atoms with van der Waals surface area (Å²) in [6.45, 7) is 3.02. The molecule has 1 aromatic carbocycles. The molecule has 19 heavy (non-hydrogen) atoms. The monoisotopic (exact) mass is 280 g/mol. The Labute approximate surface area is 118 Å². The fourth-order valence-electron chi connectivity index (χ4n) is 1.84. The van der Waals surface area contributed by atoms with E-state index in [0.717, 1.165) is 13.1 Å². The molecule has 0 unspecified atom stereocenters. The van der Waals surface area contributed by atoms with E-state index in [1.807, 2.05) is 6.07 Å². The van der Waals surface area contributed by atoms with Crippen molar-refractivity contribution in [1.82, 2.24) is 10.2 Å². The van der Waals surface area contributed by atoms with E-state index in [4.69, 9.17) is 0 Å². The van der Waals surface area contributed by atoms with Gasteiger partial charge in [0.05, 0.1) is 0 Å². The summed E-state index contributed by atoms with van der Waals surface area (Å²) in [5.74, 6) is -0.236. The molecule has 0 radical (unpaired) electrons. The number of nitrogens with zero attached hydrogens (tertiary/aromatic N) is 1. The third-order valence-electron chi connectivity index (χ3n) is 2.86. The largest absolute Gasteiger partial charge is 0.337 e. The van der Waals surface area contributed by atoms with Crippen molar-refractivity contribution < 1.29 is 9.59 Å². The van der Waals surface area contributed by atoms with Gasteiger partial charge in [0.2, 0.25) is 5.91 Å². The summed E-state index contributed by atoms with van der Waals surface area (Å²) in [4.78, 5) is 25.3. The van der Waals surface area contributed by atoms with Crippen LogP contribution in [0.15, 0.2) is 42.5 Å². The van der Waals surface area contributed by atoms with Gasteiger partial charge < -0.3 is 10.2 Å². The first kappa shape index (κ1) is 15.4. The van der Waals surface area contributed by atoms with Crippen LogP contribution in [0, 0.1) is 0 Å². The fraction of sp³-hybridized carbons (Fsp3) is 0.286. The average molecular weight is 281 g/mol. The molecule has 4 nitrogen and oxygen atoms in total. The standard InChI is InChI=1S/C14H16N2O2.ClH/c17-13(12-4-2-1-3-5-12)6-7-14(18)16-10-8-15-9-11-16;/h1-7,15H,8-11H2;1H/b7-6+;. The van der Waals surface area contributed by atoms with Crippen molar-refractivity contribution in [2.45, 2.75) is 0 Å². The number of nitrogens with one attached hydrogen (secondary N) is 1. The molecular weight excluding hydrogens is 264 g/mol. The predicted molar refractivity (Wildman–Crippen MR) is 76.6 cm³/mol. The van der Waals surface area contributed by atoms with E-state index < -0.39 is 0 Å². The number of hydrogen-bond donors (Lipinski definition) is 1. The summed E-state index contributed by atoms with van der Waals surface area (Å²) in [5.41, 5.74) is 0.599. The summed E-state index contributed by atoms with van der Waals surface area (Å²) in [5, 5.41) is 3.18. The lowest BCUT2D eigenvalue weighted by atomic mass is 10.1. The lowest BCUT2D eigenvalue weighted by Crippen LogP contribution is -2.45. The number of benzene rings is 1. The van der Waals surface area contributed by atoms with Gasteiger partial charge in [-0.25, -0.2) is 0 Å². The summed E-state index contributed by atoms with van der Waals surface area (Å²) in [6, 6.07) is 8.94. The minimum Gasteiger partial charge on any atom is -0.337 e. The first-order valence-corrected chi connectivity index (χ1v) is 6.04.